The normalized spacial score (nSPS) is 21.3. The van der Waals surface area contributed by atoms with Gasteiger partial charge in [0.25, 0.3) is 5.91 Å². The number of hydrogen-bond acceptors (Lipinski definition) is 8. The van der Waals surface area contributed by atoms with E-state index in [9.17, 15) is 19.2 Å². The topological polar surface area (TPSA) is 175 Å². The Morgan fingerprint density at radius 1 is 0.855 bits per heavy atom. The molecule has 5 atom stereocenters. The SMILES string of the molecule is COC(=O)NC1CCC2CCC(c3ncc(-c4ccc(Cc5ccc6nc(C7CCCN7C(=O)C(NC(=O)OC)c7ccccc7)[nH]c6c5)cc4)[nH]3)N2C1=O. The molecule has 5 aromatic rings. The number of carbonyl (C=O) groups excluding carboxylic acids is 4. The van der Waals surface area contributed by atoms with E-state index in [0.717, 1.165) is 77.2 Å². The van der Waals surface area contributed by atoms with E-state index in [0.29, 0.717) is 24.9 Å². The molecule has 14 heteroatoms. The maximum absolute atomic E-state index is 13.9. The smallest absolute Gasteiger partial charge is 0.407 e. The number of benzene rings is 3. The first-order chi connectivity index (χ1) is 26.8. The van der Waals surface area contributed by atoms with Crippen LogP contribution >= 0.6 is 0 Å². The average Bonchev–Trinajstić information content (AvgIpc) is 4.04. The quantitative estimate of drug-likeness (QED) is 0.145. The highest BCUT2D eigenvalue weighted by molar-refractivity contribution is 5.88. The van der Waals surface area contributed by atoms with Crippen LogP contribution in [0.15, 0.2) is 79.0 Å². The van der Waals surface area contributed by atoms with Gasteiger partial charge in [0.15, 0.2) is 0 Å². The molecule has 0 bridgehead atoms. The van der Waals surface area contributed by atoms with E-state index in [1.165, 1.54) is 14.2 Å². The van der Waals surface area contributed by atoms with Gasteiger partial charge in [-0.25, -0.2) is 19.6 Å². The number of piperidine rings is 1. The summed E-state index contributed by atoms with van der Waals surface area (Å²) in [6.07, 6.45) is 6.00. The number of aromatic amines is 2. The monoisotopic (exact) mass is 744 g/mol. The highest BCUT2D eigenvalue weighted by Crippen LogP contribution is 2.41. The van der Waals surface area contributed by atoms with Gasteiger partial charge in [-0.2, -0.15) is 0 Å². The van der Waals surface area contributed by atoms with Crippen molar-refractivity contribution in [2.24, 2.45) is 0 Å². The molecule has 3 fully saturated rings. The van der Waals surface area contributed by atoms with Crippen molar-refractivity contribution in [3.63, 3.8) is 0 Å². The summed E-state index contributed by atoms with van der Waals surface area (Å²) in [7, 11) is 2.58. The Bertz CT molecular complexity index is 2200. The fraction of sp³-hybridized carbons (Fsp3) is 0.366. The lowest BCUT2D eigenvalue weighted by molar-refractivity contribution is -0.139. The predicted octanol–water partition coefficient (Wildman–Crippen LogP) is 5.86. The molecule has 0 aliphatic carbocycles. The van der Waals surface area contributed by atoms with Crippen LogP contribution in [0, 0.1) is 0 Å². The molecular weight excluding hydrogens is 701 g/mol. The Morgan fingerprint density at radius 2 is 1.62 bits per heavy atom. The van der Waals surface area contributed by atoms with Crippen molar-refractivity contribution in [1.82, 2.24) is 40.4 Å². The lowest BCUT2D eigenvalue weighted by atomic mass is 9.98. The molecule has 5 unspecified atom stereocenters. The maximum Gasteiger partial charge on any atom is 0.407 e. The van der Waals surface area contributed by atoms with Crippen LogP contribution in [0.25, 0.3) is 22.3 Å². The Labute approximate surface area is 318 Å². The molecule has 8 rings (SSSR count). The van der Waals surface area contributed by atoms with Gasteiger partial charge in [0.1, 0.15) is 23.7 Å². The molecule has 3 aliphatic rings. The van der Waals surface area contributed by atoms with Crippen molar-refractivity contribution in [1.29, 1.82) is 0 Å². The molecular formula is C41H44N8O6. The minimum absolute atomic E-state index is 0.0893. The summed E-state index contributed by atoms with van der Waals surface area (Å²) in [6.45, 7) is 0.559. The second kappa shape index (κ2) is 15.3. The zero-order valence-electron chi connectivity index (χ0n) is 30.8. The molecule has 3 saturated heterocycles. The van der Waals surface area contributed by atoms with E-state index in [4.69, 9.17) is 14.5 Å². The molecule has 3 aromatic carbocycles. The van der Waals surface area contributed by atoms with E-state index < -0.39 is 24.3 Å². The van der Waals surface area contributed by atoms with Gasteiger partial charge in [-0.1, -0.05) is 60.7 Å². The van der Waals surface area contributed by atoms with E-state index in [1.807, 2.05) is 47.5 Å². The summed E-state index contributed by atoms with van der Waals surface area (Å²) >= 11 is 0. The molecule has 14 nitrogen and oxygen atoms in total. The number of aromatic nitrogens is 4. The van der Waals surface area contributed by atoms with Crippen LogP contribution in [-0.4, -0.2) is 86.6 Å². The van der Waals surface area contributed by atoms with Crippen LogP contribution in [0.4, 0.5) is 9.59 Å². The van der Waals surface area contributed by atoms with Crippen LogP contribution in [0.5, 0.6) is 0 Å². The molecule has 284 valence electrons. The van der Waals surface area contributed by atoms with E-state index >= 15 is 0 Å². The van der Waals surface area contributed by atoms with Gasteiger partial charge in [-0.15, -0.1) is 0 Å². The number of fused-ring (bicyclic) bond motifs is 2. The fourth-order valence-electron chi connectivity index (χ4n) is 8.39. The number of rotatable bonds is 9. The Morgan fingerprint density at radius 3 is 2.40 bits per heavy atom. The third kappa shape index (κ3) is 7.23. The molecule has 0 saturated carbocycles. The maximum atomic E-state index is 13.9. The van der Waals surface area contributed by atoms with Crippen molar-refractivity contribution >= 4 is 35.0 Å². The first-order valence-electron chi connectivity index (χ1n) is 18.8. The number of hydrogen-bond donors (Lipinski definition) is 4. The predicted molar refractivity (Wildman–Crippen MR) is 203 cm³/mol. The second-order valence-electron chi connectivity index (χ2n) is 14.5. The van der Waals surface area contributed by atoms with E-state index in [1.54, 1.807) is 4.90 Å². The number of alkyl carbamates (subject to hydrolysis) is 2. The van der Waals surface area contributed by atoms with Gasteiger partial charge in [0, 0.05) is 12.6 Å². The first-order valence-corrected chi connectivity index (χ1v) is 18.8. The van der Waals surface area contributed by atoms with Crippen molar-refractivity contribution in [3.05, 3.63) is 107 Å². The summed E-state index contributed by atoms with van der Waals surface area (Å²) in [5, 5.41) is 5.40. The lowest BCUT2D eigenvalue weighted by Crippen LogP contribution is -2.54. The number of methoxy groups -OCH3 is 2. The summed E-state index contributed by atoms with van der Waals surface area (Å²) < 4.78 is 9.55. The number of likely N-dealkylation sites (tertiary alicyclic amines) is 1. The summed E-state index contributed by atoms with van der Waals surface area (Å²) in [5.41, 5.74) is 6.53. The number of amides is 4. The van der Waals surface area contributed by atoms with Gasteiger partial charge in [-0.3, -0.25) is 9.59 Å². The molecule has 2 aromatic heterocycles. The Hall–Kier alpha value is -6.18. The van der Waals surface area contributed by atoms with Crippen LogP contribution in [0.3, 0.4) is 0 Å². The minimum atomic E-state index is -0.876. The molecule has 0 spiro atoms. The standard InChI is InChI=1S/C41H44N8O6/c1-54-40(52)46-30-18-15-28-16-19-34(49(28)38(30)50)36-42-23-32(45-36)26-13-10-24(11-14-26)21-25-12-17-29-31(22-25)44-37(43-29)33-9-6-20-48(33)39(51)35(47-41(53)55-2)27-7-4-3-5-8-27/h3-5,7-8,10-14,17,22-23,28,30,33-35H,6,9,15-16,18-21H2,1-2H3,(H,42,45)(H,43,44)(H,46,52)(H,47,53). The van der Waals surface area contributed by atoms with Gasteiger partial charge >= 0.3 is 12.2 Å². The highest BCUT2D eigenvalue weighted by atomic mass is 16.5. The second-order valence-corrected chi connectivity index (χ2v) is 14.5. The third-order valence-electron chi connectivity index (χ3n) is 11.1. The molecule has 0 radical (unpaired) electrons. The Balaban J connectivity index is 0.936. The van der Waals surface area contributed by atoms with E-state index in [-0.39, 0.29) is 29.9 Å². The van der Waals surface area contributed by atoms with E-state index in [2.05, 4.69) is 62.0 Å². The van der Waals surface area contributed by atoms with Crippen LogP contribution < -0.4 is 10.6 Å². The van der Waals surface area contributed by atoms with Crippen LogP contribution in [-0.2, 0) is 25.5 Å². The molecule has 4 amide bonds. The summed E-state index contributed by atoms with van der Waals surface area (Å²) in [6, 6.07) is 22.0. The minimum Gasteiger partial charge on any atom is -0.453 e. The molecule has 5 heterocycles. The number of imidazole rings is 2. The molecule has 4 N–H and O–H groups in total. The fourth-order valence-corrected chi connectivity index (χ4v) is 8.39. The third-order valence-corrected chi connectivity index (χ3v) is 11.1. The van der Waals surface area contributed by atoms with Crippen molar-refractivity contribution in [3.8, 4) is 11.3 Å². The number of nitrogens with zero attached hydrogens (tertiary/aromatic N) is 4. The first kappa shape index (κ1) is 35.8. The van der Waals surface area contributed by atoms with Gasteiger partial charge in [0.2, 0.25) is 5.91 Å². The Kier molecular flexibility index (Phi) is 9.96. The molecule has 55 heavy (non-hydrogen) atoms. The molecule has 3 aliphatic heterocycles. The number of H-pyrrole nitrogens is 2. The van der Waals surface area contributed by atoms with Crippen molar-refractivity contribution in [2.75, 3.05) is 20.8 Å². The zero-order chi connectivity index (χ0) is 38.1. The number of carbonyl (C=O) groups is 4. The summed E-state index contributed by atoms with van der Waals surface area (Å²) in [4.78, 5) is 71.5. The van der Waals surface area contributed by atoms with Gasteiger partial charge < -0.3 is 39.9 Å². The largest absolute Gasteiger partial charge is 0.453 e. The number of nitrogens with one attached hydrogen (secondary N) is 4. The highest BCUT2D eigenvalue weighted by Gasteiger charge is 2.45. The van der Waals surface area contributed by atoms with Gasteiger partial charge in [0.05, 0.1) is 49.2 Å². The van der Waals surface area contributed by atoms with Crippen LogP contribution in [0.1, 0.15) is 85.0 Å². The average molecular weight is 745 g/mol. The van der Waals surface area contributed by atoms with Crippen LogP contribution in [0.2, 0.25) is 0 Å². The lowest BCUT2D eigenvalue weighted by Gasteiger charge is -2.37. The summed E-state index contributed by atoms with van der Waals surface area (Å²) in [5.74, 6) is 1.18. The van der Waals surface area contributed by atoms with Gasteiger partial charge in [-0.05, 0) is 79.3 Å². The number of ether oxygens (including phenoxy) is 2. The van der Waals surface area contributed by atoms with Crippen molar-refractivity contribution < 1.29 is 28.7 Å². The zero-order valence-corrected chi connectivity index (χ0v) is 30.8. The van der Waals surface area contributed by atoms with Crippen molar-refractivity contribution in [2.45, 2.75) is 75.2 Å².